The molecular formula is C4H11O10P5Ti. The van der Waals surface area contributed by atoms with Crippen LogP contribution in [0.15, 0.2) is 0 Å². The Kier molecular flexibility index (Phi) is 79.9. The third kappa shape index (κ3) is 123. The Morgan fingerprint density at radius 2 is 0.900 bits per heavy atom. The Labute approximate surface area is 137 Å². The van der Waals surface area contributed by atoms with E-state index in [0.717, 1.165) is 0 Å². The molecule has 0 heterocycles. The van der Waals surface area contributed by atoms with Crippen LogP contribution < -0.4 is 19.6 Å². The molecule has 20 heavy (non-hydrogen) atoms. The van der Waals surface area contributed by atoms with Gasteiger partial charge in [0.1, 0.15) is 0 Å². The Hall–Kier alpha value is 1.14. The topological polar surface area (TPSA) is 198 Å². The van der Waals surface area contributed by atoms with Gasteiger partial charge in [-0.25, -0.2) is 0 Å². The Morgan fingerprint density at radius 3 is 0.900 bits per heavy atom. The fourth-order valence-corrected chi connectivity index (χ4v) is 0.671. The molecule has 0 aromatic rings. The summed E-state index contributed by atoms with van der Waals surface area (Å²) in [5, 5.41) is 0. The number of hydrogen-bond acceptors (Lipinski definition) is 9. The molecule has 0 aromatic carbocycles. The normalized spacial score (nSPS) is 8.35. The standard InChI is InChI=1S/C4H11O2P.4HO2P.Ti/c1-3-7(5,6)4-2;4*1-3-2;/h3-4H2,1-2H3,(H,5,6);4*(H,1,2);/q;;;;;+4/p-4. The number of hydrogen-bond donors (Lipinski definition) is 1. The smallest absolute Gasteiger partial charge is 0.772 e. The van der Waals surface area contributed by atoms with Crippen molar-refractivity contribution in [2.24, 2.45) is 0 Å². The van der Waals surface area contributed by atoms with Crippen molar-refractivity contribution in [3.05, 3.63) is 0 Å². The molecule has 10 nitrogen and oxygen atoms in total. The van der Waals surface area contributed by atoms with Crippen LogP contribution in [0.3, 0.4) is 0 Å². The third-order valence-electron chi connectivity index (χ3n) is 0.988. The van der Waals surface area contributed by atoms with E-state index in [1.165, 1.54) is 0 Å². The van der Waals surface area contributed by atoms with E-state index in [4.69, 9.17) is 42.7 Å². The van der Waals surface area contributed by atoms with E-state index in [1.807, 2.05) is 0 Å². The van der Waals surface area contributed by atoms with Gasteiger partial charge in [-0.15, -0.1) is 0 Å². The minimum atomic E-state index is -2.65. The van der Waals surface area contributed by atoms with Gasteiger partial charge in [-0.1, -0.05) is 13.8 Å². The van der Waals surface area contributed by atoms with Crippen molar-refractivity contribution in [1.29, 1.82) is 0 Å². The monoisotopic (exact) mass is 422 g/mol. The molecule has 0 spiro atoms. The van der Waals surface area contributed by atoms with E-state index in [2.05, 4.69) is 0 Å². The maximum absolute atomic E-state index is 10.5. The quantitative estimate of drug-likeness (QED) is 0.448. The summed E-state index contributed by atoms with van der Waals surface area (Å²) >= 11 is 0. The molecule has 0 atom stereocenters. The molecule has 1 N–H and O–H groups in total. The first-order valence-electron chi connectivity index (χ1n) is 3.89. The fourth-order valence-electron chi connectivity index (χ4n) is 0.224. The van der Waals surface area contributed by atoms with Crippen molar-refractivity contribution < 1.29 is 69.0 Å². The SMILES string of the molecule is CCP(=O)(O)CC.O=P[O-].O=P[O-].O=P[O-].O=P[O-].[Ti+4]. The summed E-state index contributed by atoms with van der Waals surface area (Å²) in [5.41, 5.74) is 0. The first-order chi connectivity index (χ1) is 8.78. The van der Waals surface area contributed by atoms with E-state index in [9.17, 15) is 4.57 Å². The zero-order valence-corrected chi connectivity index (χ0v) is 16.3. The minimum absolute atomic E-state index is 0. The molecule has 0 aromatic heterocycles. The zero-order chi connectivity index (χ0) is 16.7. The zero-order valence-electron chi connectivity index (χ0n) is 10.3. The van der Waals surface area contributed by atoms with Gasteiger partial charge < -0.3 is 24.5 Å². The molecule has 0 aliphatic carbocycles. The first-order valence-corrected chi connectivity index (χ1v) is 8.84. The van der Waals surface area contributed by atoms with Gasteiger partial charge in [-0.2, -0.15) is 0 Å². The third-order valence-corrected chi connectivity index (χ3v) is 2.96. The Bertz CT molecular complexity index is 208. The van der Waals surface area contributed by atoms with Crippen molar-refractivity contribution in [3.8, 4) is 0 Å². The van der Waals surface area contributed by atoms with Crippen LogP contribution in [0, 0.1) is 0 Å². The maximum Gasteiger partial charge on any atom is 4.00 e. The second kappa shape index (κ2) is 42.7. The molecule has 0 radical (unpaired) electrons. The van der Waals surface area contributed by atoms with E-state index < -0.39 is 42.1 Å². The second-order valence-corrected chi connectivity index (χ2v) is 5.33. The summed E-state index contributed by atoms with van der Waals surface area (Å²) in [5.74, 6) is 0. The summed E-state index contributed by atoms with van der Waals surface area (Å²) in [6.45, 7) is 3.45. The molecule has 0 amide bonds. The maximum atomic E-state index is 10.5. The van der Waals surface area contributed by atoms with Crippen molar-refractivity contribution in [3.63, 3.8) is 0 Å². The van der Waals surface area contributed by atoms with Crippen LogP contribution in [0.5, 0.6) is 0 Å². The van der Waals surface area contributed by atoms with Crippen LogP contribution in [0.1, 0.15) is 13.8 Å². The van der Waals surface area contributed by atoms with Crippen molar-refractivity contribution in [2.75, 3.05) is 12.3 Å². The second-order valence-electron chi connectivity index (χ2n) is 1.78. The molecule has 0 fully saturated rings. The minimum Gasteiger partial charge on any atom is -0.772 e. The van der Waals surface area contributed by atoms with Crippen molar-refractivity contribution >= 4 is 42.1 Å². The summed E-state index contributed by atoms with van der Waals surface area (Å²) < 4.78 is 43.9. The van der Waals surface area contributed by atoms with Gasteiger partial charge in [0, 0.05) is 12.3 Å². The van der Waals surface area contributed by atoms with Gasteiger partial charge >= 0.3 is 21.7 Å². The van der Waals surface area contributed by atoms with Gasteiger partial charge in [0.2, 0.25) is 0 Å². The van der Waals surface area contributed by atoms with Gasteiger partial charge in [0.05, 0.1) is 34.7 Å². The van der Waals surface area contributed by atoms with Gasteiger partial charge in [0.25, 0.3) is 0 Å². The molecule has 0 saturated carbocycles. The van der Waals surface area contributed by atoms with Crippen molar-refractivity contribution in [1.82, 2.24) is 0 Å². The summed E-state index contributed by atoms with van der Waals surface area (Å²) in [4.78, 5) is 42.1. The summed E-state index contributed by atoms with van der Waals surface area (Å²) in [6.07, 6.45) is 0.812. The average Bonchev–Trinajstić information content (AvgIpc) is 2.33. The van der Waals surface area contributed by atoms with Crippen LogP contribution in [0.4, 0.5) is 0 Å². The Morgan fingerprint density at radius 1 is 0.800 bits per heavy atom. The van der Waals surface area contributed by atoms with Crippen molar-refractivity contribution in [2.45, 2.75) is 13.8 Å². The molecule has 0 aliphatic heterocycles. The van der Waals surface area contributed by atoms with Crippen LogP contribution in [0.2, 0.25) is 0 Å². The molecule has 0 rings (SSSR count). The molecule has 16 heteroatoms. The Balaban J connectivity index is -0.0000000326. The average molecular weight is 422 g/mol. The molecule has 0 unspecified atom stereocenters. The largest absolute Gasteiger partial charge is 4.00 e. The fraction of sp³-hybridized carbons (Fsp3) is 1.00. The summed E-state index contributed by atoms with van der Waals surface area (Å²) in [7, 11) is -6.99. The summed E-state index contributed by atoms with van der Waals surface area (Å²) in [6, 6.07) is 0. The predicted molar refractivity (Wildman–Crippen MR) is 61.3 cm³/mol. The van der Waals surface area contributed by atoms with Gasteiger partial charge in [0.15, 0.2) is 7.37 Å². The molecule has 0 bridgehead atoms. The van der Waals surface area contributed by atoms with E-state index in [0.29, 0.717) is 12.3 Å². The van der Waals surface area contributed by atoms with Crippen LogP contribution >= 0.6 is 42.1 Å². The molecule has 116 valence electrons. The van der Waals surface area contributed by atoms with Crippen LogP contribution in [-0.2, 0) is 44.5 Å². The molecular weight excluding hydrogens is 411 g/mol. The van der Waals surface area contributed by atoms with Crippen LogP contribution in [-0.4, -0.2) is 17.2 Å². The van der Waals surface area contributed by atoms with Crippen LogP contribution in [0.25, 0.3) is 0 Å². The molecule has 0 saturated heterocycles. The van der Waals surface area contributed by atoms with E-state index in [-0.39, 0.29) is 21.7 Å². The van der Waals surface area contributed by atoms with Gasteiger partial charge in [-0.3, -0.25) is 22.8 Å². The number of rotatable bonds is 2. The predicted octanol–water partition coefficient (Wildman–Crippen LogP) is -0.492. The van der Waals surface area contributed by atoms with Gasteiger partial charge in [-0.05, 0) is 0 Å². The molecule has 0 aliphatic rings. The van der Waals surface area contributed by atoms with E-state index >= 15 is 0 Å². The van der Waals surface area contributed by atoms with E-state index in [1.54, 1.807) is 13.8 Å². The first kappa shape index (κ1) is 37.4.